The lowest BCUT2D eigenvalue weighted by molar-refractivity contribution is 0.00488. The lowest BCUT2D eigenvalue weighted by Crippen LogP contribution is -2.24. The highest BCUT2D eigenvalue weighted by Crippen LogP contribution is 2.42. The summed E-state index contributed by atoms with van der Waals surface area (Å²) in [5.74, 6) is 1.23. The van der Waals surface area contributed by atoms with E-state index in [1.54, 1.807) is 0 Å². The minimum atomic E-state index is -0.854. The van der Waals surface area contributed by atoms with Gasteiger partial charge in [0.05, 0.1) is 56.5 Å². The zero-order valence-electron chi connectivity index (χ0n) is 20.0. The topological polar surface area (TPSA) is 90.8 Å². The number of ether oxygens (including phenoxy) is 5. The molecule has 0 saturated heterocycles. The van der Waals surface area contributed by atoms with Gasteiger partial charge in [0.25, 0.3) is 0 Å². The Morgan fingerprint density at radius 3 is 1.64 bits per heavy atom. The first-order chi connectivity index (χ1) is 17.8. The summed E-state index contributed by atoms with van der Waals surface area (Å²) >= 11 is 0. The molecule has 0 unspecified atom stereocenters. The van der Waals surface area contributed by atoms with Crippen LogP contribution in [0.5, 0.6) is 11.5 Å². The standard InChI is InChI=1S/C28H30N2O6/c31-28-21-8-4-10-23-25(21)27(30-29-20-6-2-1-3-7-20)26-22(28)9-5-11-24(26)36-19-17-34-15-13-32-12-14-33-16-18-35-23/h1-11,28-29,31H,12-19H2. The molecular formula is C28H30N2O6. The van der Waals surface area contributed by atoms with E-state index in [0.717, 1.165) is 27.9 Å². The van der Waals surface area contributed by atoms with Crippen LogP contribution in [0.2, 0.25) is 0 Å². The van der Waals surface area contributed by atoms with E-state index in [9.17, 15) is 5.11 Å². The van der Waals surface area contributed by atoms with E-state index in [0.29, 0.717) is 70.1 Å². The number of rotatable bonds is 2. The smallest absolute Gasteiger partial charge is 0.129 e. The predicted molar refractivity (Wildman–Crippen MR) is 136 cm³/mol. The van der Waals surface area contributed by atoms with E-state index in [1.165, 1.54) is 0 Å². The van der Waals surface area contributed by atoms with Crippen LogP contribution in [0.25, 0.3) is 0 Å². The lowest BCUT2D eigenvalue weighted by atomic mass is 9.81. The van der Waals surface area contributed by atoms with Gasteiger partial charge in [0.15, 0.2) is 0 Å². The summed E-state index contributed by atoms with van der Waals surface area (Å²) in [4.78, 5) is 0. The van der Waals surface area contributed by atoms with Crippen LogP contribution in [-0.4, -0.2) is 63.7 Å². The van der Waals surface area contributed by atoms with Gasteiger partial charge >= 0.3 is 0 Å². The number of nitrogens with zero attached hydrogens (tertiary/aromatic N) is 1. The fourth-order valence-corrected chi connectivity index (χ4v) is 4.30. The average Bonchev–Trinajstić information content (AvgIpc) is 2.91. The number of aliphatic hydroxyl groups is 1. The van der Waals surface area contributed by atoms with Gasteiger partial charge in [-0.3, -0.25) is 5.43 Å². The maximum absolute atomic E-state index is 11.4. The number of benzene rings is 3. The van der Waals surface area contributed by atoms with Gasteiger partial charge in [-0.05, 0) is 35.4 Å². The summed E-state index contributed by atoms with van der Waals surface area (Å²) in [6, 6.07) is 21.0. The Kier molecular flexibility index (Phi) is 8.10. The second-order valence-electron chi connectivity index (χ2n) is 8.32. The van der Waals surface area contributed by atoms with Gasteiger partial charge in [0.1, 0.15) is 36.5 Å². The number of anilines is 1. The molecule has 1 aliphatic heterocycles. The van der Waals surface area contributed by atoms with Crippen molar-refractivity contribution in [3.05, 3.63) is 89.0 Å². The Hall–Kier alpha value is -3.43. The molecule has 0 saturated carbocycles. The summed E-state index contributed by atoms with van der Waals surface area (Å²) < 4.78 is 29.1. The van der Waals surface area contributed by atoms with Crippen molar-refractivity contribution in [2.24, 2.45) is 5.10 Å². The molecule has 2 N–H and O–H groups in total. The molecule has 2 aliphatic rings. The highest BCUT2D eigenvalue weighted by atomic mass is 16.6. The maximum Gasteiger partial charge on any atom is 0.129 e. The molecule has 1 heterocycles. The largest absolute Gasteiger partial charge is 0.490 e. The molecule has 3 aromatic carbocycles. The van der Waals surface area contributed by atoms with Crippen molar-refractivity contribution in [1.29, 1.82) is 0 Å². The van der Waals surface area contributed by atoms with E-state index in [2.05, 4.69) is 5.43 Å². The first-order valence-corrected chi connectivity index (χ1v) is 12.1. The molecule has 1 aliphatic carbocycles. The molecule has 0 atom stereocenters. The van der Waals surface area contributed by atoms with Crippen molar-refractivity contribution in [3.8, 4) is 11.5 Å². The van der Waals surface area contributed by atoms with Crippen LogP contribution < -0.4 is 14.9 Å². The molecule has 8 nitrogen and oxygen atoms in total. The van der Waals surface area contributed by atoms with Crippen molar-refractivity contribution in [2.75, 3.05) is 58.3 Å². The van der Waals surface area contributed by atoms with Crippen molar-refractivity contribution >= 4 is 11.4 Å². The number of para-hydroxylation sites is 1. The molecule has 36 heavy (non-hydrogen) atoms. The molecule has 0 aromatic heterocycles. The minimum absolute atomic E-state index is 0.347. The summed E-state index contributed by atoms with van der Waals surface area (Å²) in [7, 11) is 0. The second-order valence-corrected chi connectivity index (χ2v) is 8.32. The SMILES string of the molecule is OC1c2cccc3c2C(=NNc2ccccc2)c2c(cccc21)OCCOCCOCCOCCO3. The van der Waals surface area contributed by atoms with Gasteiger partial charge in [-0.15, -0.1) is 0 Å². The molecular weight excluding hydrogens is 460 g/mol. The molecule has 188 valence electrons. The average molecular weight is 491 g/mol. The Bertz CT molecular complexity index is 1120. The Morgan fingerprint density at radius 2 is 1.11 bits per heavy atom. The molecule has 5 rings (SSSR count). The predicted octanol–water partition coefficient (Wildman–Crippen LogP) is 3.77. The highest BCUT2D eigenvalue weighted by Gasteiger charge is 2.33. The summed E-state index contributed by atoms with van der Waals surface area (Å²) in [6.07, 6.45) is -0.854. The summed E-state index contributed by atoms with van der Waals surface area (Å²) in [5, 5.41) is 16.2. The summed E-state index contributed by atoms with van der Waals surface area (Å²) in [5.41, 5.74) is 7.52. The highest BCUT2D eigenvalue weighted by molar-refractivity contribution is 6.19. The normalized spacial score (nSPS) is 18.7. The van der Waals surface area contributed by atoms with Crippen LogP contribution in [0.1, 0.15) is 28.4 Å². The van der Waals surface area contributed by atoms with Gasteiger partial charge in [0.2, 0.25) is 0 Å². The van der Waals surface area contributed by atoms with Crippen LogP contribution in [0.4, 0.5) is 5.69 Å². The van der Waals surface area contributed by atoms with E-state index in [4.69, 9.17) is 28.8 Å². The third-order valence-electron chi connectivity index (χ3n) is 5.96. The number of hydrogen-bond donors (Lipinski definition) is 2. The van der Waals surface area contributed by atoms with Crippen molar-refractivity contribution in [1.82, 2.24) is 0 Å². The quantitative estimate of drug-likeness (QED) is 0.529. The summed E-state index contributed by atoms with van der Waals surface area (Å²) in [6.45, 7) is 3.44. The third kappa shape index (κ3) is 5.52. The third-order valence-corrected chi connectivity index (χ3v) is 5.96. The molecule has 0 spiro atoms. The van der Waals surface area contributed by atoms with Crippen LogP contribution in [0.3, 0.4) is 0 Å². The fourth-order valence-electron chi connectivity index (χ4n) is 4.30. The Labute approximate surface area is 210 Å². The number of hydrazone groups is 1. The molecule has 2 bridgehead atoms. The van der Waals surface area contributed by atoms with Crippen LogP contribution in [0, 0.1) is 0 Å². The minimum Gasteiger partial charge on any atom is -0.490 e. The fraction of sp³-hybridized carbons (Fsp3) is 0.321. The molecule has 0 amide bonds. The van der Waals surface area contributed by atoms with Crippen molar-refractivity contribution in [3.63, 3.8) is 0 Å². The van der Waals surface area contributed by atoms with Gasteiger partial charge in [-0.1, -0.05) is 42.5 Å². The van der Waals surface area contributed by atoms with Crippen LogP contribution in [0.15, 0.2) is 71.8 Å². The van der Waals surface area contributed by atoms with Crippen molar-refractivity contribution in [2.45, 2.75) is 6.10 Å². The molecule has 3 aromatic rings. The van der Waals surface area contributed by atoms with E-state index >= 15 is 0 Å². The first-order valence-electron chi connectivity index (χ1n) is 12.1. The Balaban J connectivity index is 1.57. The monoisotopic (exact) mass is 490 g/mol. The van der Waals surface area contributed by atoms with Gasteiger partial charge in [-0.25, -0.2) is 0 Å². The van der Waals surface area contributed by atoms with Gasteiger partial charge < -0.3 is 28.8 Å². The second kappa shape index (κ2) is 12.0. The van der Waals surface area contributed by atoms with E-state index < -0.39 is 6.10 Å². The number of nitrogens with one attached hydrogen (secondary N) is 1. The first kappa shape index (κ1) is 24.3. The van der Waals surface area contributed by atoms with E-state index in [1.807, 2.05) is 66.7 Å². The lowest BCUT2D eigenvalue weighted by Gasteiger charge is -2.29. The molecule has 0 fully saturated rings. The zero-order chi connectivity index (χ0) is 24.6. The maximum atomic E-state index is 11.4. The van der Waals surface area contributed by atoms with Crippen LogP contribution >= 0.6 is 0 Å². The van der Waals surface area contributed by atoms with Crippen LogP contribution in [-0.2, 0) is 14.2 Å². The van der Waals surface area contributed by atoms with Gasteiger partial charge in [0, 0.05) is 0 Å². The Morgan fingerprint density at radius 1 is 0.611 bits per heavy atom. The molecule has 8 heteroatoms. The van der Waals surface area contributed by atoms with Crippen molar-refractivity contribution < 1.29 is 28.8 Å². The number of hydrogen-bond acceptors (Lipinski definition) is 8. The van der Waals surface area contributed by atoms with E-state index in [-0.39, 0.29) is 0 Å². The molecule has 0 radical (unpaired) electrons. The number of aliphatic hydroxyl groups excluding tert-OH is 1. The van der Waals surface area contributed by atoms with Gasteiger partial charge in [-0.2, -0.15) is 5.10 Å². The zero-order valence-corrected chi connectivity index (χ0v) is 20.0.